The minimum Gasteiger partial charge on any atom is -0.310 e. The topological polar surface area (TPSA) is 12.0 Å². The van der Waals surface area contributed by atoms with Crippen molar-refractivity contribution < 1.29 is 0 Å². The SMILES string of the molecule is CCNC(C)c1ccc(Sc2ccc(Cl)cc2)c(Br)c1. The van der Waals surface area contributed by atoms with Crippen molar-refractivity contribution in [2.45, 2.75) is 29.7 Å². The summed E-state index contributed by atoms with van der Waals surface area (Å²) in [6.45, 7) is 5.27. The maximum Gasteiger partial charge on any atom is 0.0406 e. The molecule has 106 valence electrons. The third-order valence-electron chi connectivity index (χ3n) is 3.01. The van der Waals surface area contributed by atoms with Crippen LogP contribution < -0.4 is 5.32 Å². The molecule has 20 heavy (non-hydrogen) atoms. The van der Waals surface area contributed by atoms with Crippen LogP contribution >= 0.6 is 39.3 Å². The molecule has 0 aromatic heterocycles. The van der Waals surface area contributed by atoms with Crippen LogP contribution in [0, 0.1) is 0 Å². The van der Waals surface area contributed by atoms with Crippen molar-refractivity contribution >= 4 is 39.3 Å². The van der Waals surface area contributed by atoms with Crippen molar-refractivity contribution in [2.24, 2.45) is 0 Å². The van der Waals surface area contributed by atoms with E-state index in [2.05, 4.69) is 53.3 Å². The van der Waals surface area contributed by atoms with Crippen molar-refractivity contribution in [3.8, 4) is 0 Å². The number of nitrogens with one attached hydrogen (secondary N) is 1. The van der Waals surface area contributed by atoms with Crippen molar-refractivity contribution in [3.05, 3.63) is 57.5 Å². The summed E-state index contributed by atoms with van der Waals surface area (Å²) in [6.07, 6.45) is 0. The summed E-state index contributed by atoms with van der Waals surface area (Å²) in [5.74, 6) is 0. The number of benzene rings is 2. The smallest absolute Gasteiger partial charge is 0.0406 e. The summed E-state index contributed by atoms with van der Waals surface area (Å²) in [6, 6.07) is 14.8. The minimum absolute atomic E-state index is 0.367. The summed E-state index contributed by atoms with van der Waals surface area (Å²) in [5, 5.41) is 4.19. The van der Waals surface area contributed by atoms with Crippen LogP contribution in [0.5, 0.6) is 0 Å². The second kappa shape index (κ2) is 7.51. The Balaban J connectivity index is 2.15. The van der Waals surface area contributed by atoms with Crippen molar-refractivity contribution in [2.75, 3.05) is 6.54 Å². The van der Waals surface area contributed by atoms with E-state index in [9.17, 15) is 0 Å². The van der Waals surface area contributed by atoms with E-state index in [0.29, 0.717) is 6.04 Å². The zero-order chi connectivity index (χ0) is 14.5. The highest BCUT2D eigenvalue weighted by Crippen LogP contribution is 2.35. The molecular formula is C16H17BrClNS. The fourth-order valence-electron chi connectivity index (χ4n) is 1.92. The molecule has 0 aliphatic carbocycles. The summed E-state index contributed by atoms with van der Waals surface area (Å²) < 4.78 is 1.12. The Morgan fingerprint density at radius 2 is 1.90 bits per heavy atom. The molecule has 1 nitrogen and oxygen atoms in total. The minimum atomic E-state index is 0.367. The Morgan fingerprint density at radius 1 is 1.20 bits per heavy atom. The Kier molecular flexibility index (Phi) is 5.97. The largest absolute Gasteiger partial charge is 0.310 e. The second-order valence-corrected chi connectivity index (χ2v) is 6.93. The van der Waals surface area contributed by atoms with Gasteiger partial charge in [-0.15, -0.1) is 0 Å². The fraction of sp³-hybridized carbons (Fsp3) is 0.250. The van der Waals surface area contributed by atoms with Gasteiger partial charge >= 0.3 is 0 Å². The average molecular weight is 371 g/mol. The first kappa shape index (κ1) is 15.9. The van der Waals surface area contributed by atoms with Crippen LogP contribution in [0.3, 0.4) is 0 Å². The molecule has 1 unspecified atom stereocenters. The van der Waals surface area contributed by atoms with Gasteiger partial charge in [0.15, 0.2) is 0 Å². The summed E-state index contributed by atoms with van der Waals surface area (Å²) >= 11 is 11.3. The Bertz CT molecular complexity index is 571. The Hall–Kier alpha value is -0.480. The standard InChI is InChI=1S/C16H17BrClNS/c1-3-19-11(2)12-4-9-16(15(17)10-12)20-14-7-5-13(18)6-8-14/h4-11,19H,3H2,1-2H3. The lowest BCUT2D eigenvalue weighted by Gasteiger charge is -2.14. The Labute approximate surface area is 138 Å². The molecule has 0 saturated heterocycles. The highest BCUT2D eigenvalue weighted by molar-refractivity contribution is 9.10. The number of rotatable bonds is 5. The van der Waals surface area contributed by atoms with E-state index in [1.807, 2.05) is 24.3 Å². The predicted octanol–water partition coefficient (Wildman–Crippen LogP) is 5.92. The molecule has 0 heterocycles. The van der Waals surface area contributed by atoms with Gasteiger partial charge in [-0.25, -0.2) is 0 Å². The van der Waals surface area contributed by atoms with Crippen LogP contribution in [0.1, 0.15) is 25.5 Å². The molecule has 0 radical (unpaired) electrons. The number of hydrogen-bond acceptors (Lipinski definition) is 2. The molecule has 2 rings (SSSR count). The highest BCUT2D eigenvalue weighted by atomic mass is 79.9. The summed E-state index contributed by atoms with van der Waals surface area (Å²) in [5.41, 5.74) is 1.29. The molecular weight excluding hydrogens is 354 g/mol. The van der Waals surface area contributed by atoms with E-state index < -0.39 is 0 Å². The first-order valence-corrected chi connectivity index (χ1v) is 8.55. The maximum absolute atomic E-state index is 5.91. The molecule has 4 heteroatoms. The maximum atomic E-state index is 5.91. The lowest BCUT2D eigenvalue weighted by atomic mass is 10.1. The van der Waals surface area contributed by atoms with Crippen LogP contribution in [-0.2, 0) is 0 Å². The monoisotopic (exact) mass is 369 g/mol. The molecule has 1 N–H and O–H groups in total. The second-order valence-electron chi connectivity index (χ2n) is 4.53. The van der Waals surface area contributed by atoms with Crippen LogP contribution in [-0.4, -0.2) is 6.54 Å². The molecule has 2 aromatic rings. The summed E-state index contributed by atoms with van der Waals surface area (Å²) in [4.78, 5) is 2.39. The van der Waals surface area contributed by atoms with Gasteiger partial charge in [-0.3, -0.25) is 0 Å². The van der Waals surface area contributed by atoms with E-state index in [1.165, 1.54) is 15.4 Å². The number of hydrogen-bond donors (Lipinski definition) is 1. The first-order chi connectivity index (χ1) is 9.60. The summed E-state index contributed by atoms with van der Waals surface area (Å²) in [7, 11) is 0. The lowest BCUT2D eigenvalue weighted by molar-refractivity contribution is 0.597. The van der Waals surface area contributed by atoms with Gasteiger partial charge in [0, 0.05) is 25.3 Å². The third kappa shape index (κ3) is 4.26. The molecule has 0 fully saturated rings. The van der Waals surface area contributed by atoms with E-state index in [1.54, 1.807) is 11.8 Å². The zero-order valence-corrected chi connectivity index (χ0v) is 14.6. The van der Waals surface area contributed by atoms with Gasteiger partial charge in [0.25, 0.3) is 0 Å². The van der Waals surface area contributed by atoms with Crippen LogP contribution in [0.2, 0.25) is 5.02 Å². The van der Waals surface area contributed by atoms with Gasteiger partial charge in [0.05, 0.1) is 0 Å². The fourth-order valence-corrected chi connectivity index (χ4v) is 3.51. The molecule has 0 amide bonds. The van der Waals surface area contributed by atoms with Crippen molar-refractivity contribution in [1.82, 2.24) is 5.32 Å². The normalized spacial score (nSPS) is 12.4. The molecule has 0 spiro atoms. The highest BCUT2D eigenvalue weighted by Gasteiger charge is 2.08. The van der Waals surface area contributed by atoms with Crippen molar-refractivity contribution in [1.29, 1.82) is 0 Å². The third-order valence-corrected chi connectivity index (χ3v) is 5.26. The van der Waals surface area contributed by atoms with Gasteiger partial charge < -0.3 is 5.32 Å². The van der Waals surface area contributed by atoms with Crippen molar-refractivity contribution in [3.63, 3.8) is 0 Å². The predicted molar refractivity (Wildman–Crippen MR) is 91.8 cm³/mol. The Morgan fingerprint density at radius 3 is 2.50 bits per heavy atom. The quantitative estimate of drug-likeness (QED) is 0.700. The zero-order valence-electron chi connectivity index (χ0n) is 11.5. The molecule has 1 atom stereocenters. The van der Waals surface area contributed by atoms with Crippen LogP contribution in [0.25, 0.3) is 0 Å². The average Bonchev–Trinajstić information content (AvgIpc) is 2.43. The molecule has 0 aliphatic heterocycles. The molecule has 2 aromatic carbocycles. The van der Waals surface area contributed by atoms with Gasteiger partial charge in [-0.05, 0) is 71.4 Å². The molecule has 0 bridgehead atoms. The molecule has 0 saturated carbocycles. The van der Waals surface area contributed by atoms with Gasteiger partial charge in [0.2, 0.25) is 0 Å². The van der Waals surface area contributed by atoms with Crippen LogP contribution in [0.4, 0.5) is 0 Å². The van der Waals surface area contributed by atoms with Gasteiger partial charge in [0.1, 0.15) is 0 Å². The van der Waals surface area contributed by atoms with E-state index in [-0.39, 0.29) is 0 Å². The van der Waals surface area contributed by atoms with E-state index >= 15 is 0 Å². The number of halogens is 2. The lowest BCUT2D eigenvalue weighted by Crippen LogP contribution is -2.17. The van der Waals surface area contributed by atoms with E-state index in [0.717, 1.165) is 16.0 Å². The van der Waals surface area contributed by atoms with Gasteiger partial charge in [-0.2, -0.15) is 0 Å². The van der Waals surface area contributed by atoms with E-state index in [4.69, 9.17) is 11.6 Å². The molecule has 0 aliphatic rings. The first-order valence-electron chi connectivity index (χ1n) is 6.56. The van der Waals surface area contributed by atoms with Crippen LogP contribution in [0.15, 0.2) is 56.7 Å². The van der Waals surface area contributed by atoms with Gasteiger partial charge in [-0.1, -0.05) is 36.4 Å².